The van der Waals surface area contributed by atoms with Crippen molar-refractivity contribution in [2.75, 3.05) is 39.3 Å². The van der Waals surface area contributed by atoms with E-state index in [0.29, 0.717) is 19.2 Å². The Kier molecular flexibility index (Phi) is 5.88. The van der Waals surface area contributed by atoms with Crippen molar-refractivity contribution in [1.82, 2.24) is 15.1 Å². The maximum atomic E-state index is 12.9. The van der Waals surface area contributed by atoms with Gasteiger partial charge in [0.15, 0.2) is 6.10 Å². The van der Waals surface area contributed by atoms with Gasteiger partial charge < -0.3 is 15.0 Å². The van der Waals surface area contributed by atoms with Gasteiger partial charge in [-0.05, 0) is 44.3 Å². The normalized spacial score (nSPS) is 28.0. The van der Waals surface area contributed by atoms with E-state index in [-0.39, 0.29) is 11.9 Å². The first-order valence-electron chi connectivity index (χ1n) is 10.3. The van der Waals surface area contributed by atoms with Crippen LogP contribution in [0.1, 0.15) is 43.7 Å². The summed E-state index contributed by atoms with van der Waals surface area (Å²) >= 11 is 0. The number of hydrogen-bond donors (Lipinski definition) is 1. The highest BCUT2D eigenvalue weighted by Crippen LogP contribution is 2.38. The lowest BCUT2D eigenvalue weighted by molar-refractivity contribution is -0.146. The fraction of sp³-hybridized carbons (Fsp3) is 0.667. The van der Waals surface area contributed by atoms with Crippen molar-refractivity contribution in [3.05, 3.63) is 35.9 Å². The zero-order valence-electron chi connectivity index (χ0n) is 15.6. The number of ether oxygens (including phenoxy) is 1. The molecule has 0 bridgehead atoms. The van der Waals surface area contributed by atoms with Crippen LogP contribution in [0.15, 0.2) is 30.3 Å². The van der Waals surface area contributed by atoms with Gasteiger partial charge in [-0.3, -0.25) is 9.69 Å². The lowest BCUT2D eigenvalue weighted by atomic mass is 9.97. The molecule has 0 spiro atoms. The minimum atomic E-state index is -0.409. The van der Waals surface area contributed by atoms with Crippen LogP contribution in [0.4, 0.5) is 0 Å². The molecule has 2 atom stereocenters. The highest BCUT2D eigenvalue weighted by molar-refractivity contribution is 5.82. The summed E-state index contributed by atoms with van der Waals surface area (Å²) in [5.41, 5.74) is 1.19. The fourth-order valence-electron chi connectivity index (χ4n) is 4.36. The molecule has 1 amide bonds. The first-order chi connectivity index (χ1) is 12.8. The van der Waals surface area contributed by atoms with Gasteiger partial charge in [0.1, 0.15) is 0 Å². The molecule has 26 heavy (non-hydrogen) atoms. The van der Waals surface area contributed by atoms with Crippen LogP contribution in [0.2, 0.25) is 0 Å². The second kappa shape index (κ2) is 8.51. The molecule has 142 valence electrons. The molecule has 1 aliphatic carbocycles. The molecule has 2 saturated heterocycles. The maximum Gasteiger partial charge on any atom is 0.251 e. The summed E-state index contributed by atoms with van der Waals surface area (Å²) in [5.74, 6) is 0.0428. The number of nitrogens with one attached hydrogen (secondary N) is 1. The molecule has 1 aromatic carbocycles. The predicted molar refractivity (Wildman–Crippen MR) is 102 cm³/mol. The van der Waals surface area contributed by atoms with Crippen LogP contribution >= 0.6 is 0 Å². The molecule has 1 saturated carbocycles. The van der Waals surface area contributed by atoms with Gasteiger partial charge in [0.25, 0.3) is 5.91 Å². The molecule has 0 unspecified atom stereocenters. The Bertz CT molecular complexity index is 584. The molecule has 5 nitrogen and oxygen atoms in total. The smallest absolute Gasteiger partial charge is 0.251 e. The van der Waals surface area contributed by atoms with Gasteiger partial charge in [-0.25, -0.2) is 0 Å². The standard InChI is InChI=1S/C21H31N3O2/c25-21(22-11-14-23-12-5-2-6-13-23)20-19(17-7-3-1-4-8-17)24(15-16-26-20)18-9-10-18/h1,3-4,7-8,18-20H,2,5-6,9-16H2,(H,22,25)/t19-,20+/m0/s1. The van der Waals surface area contributed by atoms with Gasteiger partial charge in [-0.2, -0.15) is 0 Å². The summed E-state index contributed by atoms with van der Waals surface area (Å²) in [6.07, 6.45) is 5.99. The van der Waals surface area contributed by atoms with Crippen molar-refractivity contribution in [1.29, 1.82) is 0 Å². The Hall–Kier alpha value is -1.43. The largest absolute Gasteiger partial charge is 0.365 e. The summed E-state index contributed by atoms with van der Waals surface area (Å²) < 4.78 is 5.99. The molecule has 5 heteroatoms. The minimum Gasteiger partial charge on any atom is -0.365 e. The first-order valence-corrected chi connectivity index (χ1v) is 10.3. The van der Waals surface area contributed by atoms with E-state index in [1.165, 1.54) is 37.7 Å². The van der Waals surface area contributed by atoms with Crippen LogP contribution in [0.3, 0.4) is 0 Å². The predicted octanol–water partition coefficient (Wildman–Crippen LogP) is 2.19. The summed E-state index contributed by atoms with van der Waals surface area (Å²) in [5, 5.41) is 3.15. The average Bonchev–Trinajstić information content (AvgIpc) is 3.54. The number of amides is 1. The van der Waals surface area contributed by atoms with Crippen LogP contribution in [0, 0.1) is 0 Å². The molecule has 1 aromatic rings. The van der Waals surface area contributed by atoms with E-state index in [2.05, 4.69) is 39.4 Å². The van der Waals surface area contributed by atoms with Gasteiger partial charge in [-0.15, -0.1) is 0 Å². The van der Waals surface area contributed by atoms with Gasteiger partial charge in [0.05, 0.1) is 12.6 Å². The number of carbonyl (C=O) groups excluding carboxylic acids is 1. The monoisotopic (exact) mass is 357 g/mol. The summed E-state index contributed by atoms with van der Waals surface area (Å²) in [6, 6.07) is 11.1. The van der Waals surface area contributed by atoms with Crippen molar-refractivity contribution in [2.45, 2.75) is 50.3 Å². The Morgan fingerprint density at radius 2 is 1.85 bits per heavy atom. The molecule has 0 aromatic heterocycles. The molecule has 0 radical (unpaired) electrons. The fourth-order valence-corrected chi connectivity index (χ4v) is 4.36. The average molecular weight is 357 g/mol. The second-order valence-corrected chi connectivity index (χ2v) is 7.81. The third kappa shape index (κ3) is 4.27. The Balaban J connectivity index is 1.39. The zero-order chi connectivity index (χ0) is 17.8. The van der Waals surface area contributed by atoms with Gasteiger partial charge in [-0.1, -0.05) is 36.8 Å². The third-order valence-corrected chi connectivity index (χ3v) is 5.88. The summed E-state index contributed by atoms with van der Waals surface area (Å²) in [6.45, 7) is 5.55. The van der Waals surface area contributed by atoms with Crippen molar-refractivity contribution in [3.63, 3.8) is 0 Å². The number of rotatable bonds is 6. The Labute approximate surface area is 156 Å². The van der Waals surface area contributed by atoms with Crippen molar-refractivity contribution >= 4 is 5.91 Å². The molecular formula is C21H31N3O2. The number of benzene rings is 1. The summed E-state index contributed by atoms with van der Waals surface area (Å²) in [7, 11) is 0. The summed E-state index contributed by atoms with van der Waals surface area (Å²) in [4.78, 5) is 17.9. The van der Waals surface area contributed by atoms with Crippen LogP contribution in [-0.4, -0.2) is 67.2 Å². The van der Waals surface area contributed by atoms with E-state index in [4.69, 9.17) is 4.74 Å². The Morgan fingerprint density at radius 3 is 2.58 bits per heavy atom. The van der Waals surface area contributed by atoms with Crippen LogP contribution < -0.4 is 5.32 Å². The third-order valence-electron chi connectivity index (χ3n) is 5.88. The molecule has 1 N–H and O–H groups in total. The van der Waals surface area contributed by atoms with E-state index < -0.39 is 6.10 Å². The zero-order valence-corrected chi connectivity index (χ0v) is 15.6. The van der Waals surface area contributed by atoms with Crippen molar-refractivity contribution in [2.24, 2.45) is 0 Å². The molecule has 4 rings (SSSR count). The number of piperidine rings is 1. The molecular weight excluding hydrogens is 326 g/mol. The van der Waals surface area contributed by atoms with Crippen LogP contribution in [0.5, 0.6) is 0 Å². The lowest BCUT2D eigenvalue weighted by Crippen LogP contribution is -2.53. The number of likely N-dealkylation sites (tertiary alicyclic amines) is 1. The molecule has 2 aliphatic heterocycles. The highest BCUT2D eigenvalue weighted by Gasteiger charge is 2.43. The minimum absolute atomic E-state index is 0.0347. The highest BCUT2D eigenvalue weighted by atomic mass is 16.5. The SMILES string of the molecule is O=C(NCCN1CCCCC1)[C@@H]1OCCN(C2CC2)[C@H]1c1ccccc1. The van der Waals surface area contributed by atoms with Gasteiger partial charge in [0.2, 0.25) is 0 Å². The van der Waals surface area contributed by atoms with Crippen LogP contribution in [-0.2, 0) is 9.53 Å². The van der Waals surface area contributed by atoms with E-state index >= 15 is 0 Å². The topological polar surface area (TPSA) is 44.8 Å². The number of hydrogen-bond acceptors (Lipinski definition) is 4. The van der Waals surface area contributed by atoms with Crippen molar-refractivity contribution < 1.29 is 9.53 Å². The van der Waals surface area contributed by atoms with E-state index in [0.717, 1.165) is 26.2 Å². The second-order valence-electron chi connectivity index (χ2n) is 7.81. The van der Waals surface area contributed by atoms with E-state index in [9.17, 15) is 4.79 Å². The van der Waals surface area contributed by atoms with E-state index in [1.54, 1.807) is 0 Å². The van der Waals surface area contributed by atoms with Gasteiger partial charge >= 0.3 is 0 Å². The van der Waals surface area contributed by atoms with Crippen molar-refractivity contribution in [3.8, 4) is 0 Å². The molecule has 3 aliphatic rings. The van der Waals surface area contributed by atoms with Gasteiger partial charge in [0, 0.05) is 25.7 Å². The number of morpholine rings is 1. The first kappa shape index (κ1) is 18.0. The Morgan fingerprint density at radius 1 is 1.08 bits per heavy atom. The number of nitrogens with zero attached hydrogens (tertiary/aromatic N) is 2. The lowest BCUT2D eigenvalue weighted by Gasteiger charge is -2.41. The molecule has 2 heterocycles. The number of carbonyl (C=O) groups is 1. The molecule has 3 fully saturated rings. The maximum absolute atomic E-state index is 12.9. The quantitative estimate of drug-likeness (QED) is 0.848. The van der Waals surface area contributed by atoms with Crippen LogP contribution in [0.25, 0.3) is 0 Å². The van der Waals surface area contributed by atoms with E-state index in [1.807, 2.05) is 6.07 Å².